The fourth-order valence-electron chi connectivity index (χ4n) is 5.23. The van der Waals surface area contributed by atoms with Crippen LogP contribution in [-0.2, 0) is 24.1 Å². The third kappa shape index (κ3) is 7.37. The van der Waals surface area contributed by atoms with Crippen LogP contribution in [0.2, 0.25) is 0 Å². The van der Waals surface area contributed by atoms with Gasteiger partial charge in [-0.05, 0) is 63.5 Å². The number of benzene rings is 3. The minimum absolute atomic E-state index is 0.0436. The van der Waals surface area contributed by atoms with Gasteiger partial charge in [0.2, 0.25) is 0 Å². The second-order valence-corrected chi connectivity index (χ2v) is 12.9. The molecule has 12 nitrogen and oxygen atoms in total. The number of aryl methyl sites for hydroxylation is 2. The first kappa shape index (κ1) is 33.0. The fourth-order valence-corrected chi connectivity index (χ4v) is 6.30. The number of unbranched alkanes of at least 4 members (excludes halogenated alkanes) is 1. The van der Waals surface area contributed by atoms with E-state index >= 15 is 0 Å². The van der Waals surface area contributed by atoms with Crippen molar-refractivity contribution in [2.75, 3.05) is 51.8 Å². The molecule has 0 atom stereocenters. The minimum atomic E-state index is -4.13. The van der Waals surface area contributed by atoms with Gasteiger partial charge in [0.1, 0.15) is 17.2 Å². The predicted octanol–water partition coefficient (Wildman–Crippen LogP) is 5.14. The molecule has 1 fully saturated rings. The van der Waals surface area contributed by atoms with Gasteiger partial charge in [0, 0.05) is 44.4 Å². The van der Waals surface area contributed by atoms with Gasteiger partial charge < -0.3 is 28.6 Å². The standard InChI is InChI=1S/C33H42N4O8S/c1-6-15-43-23-17-24(44-16-8-7-12-37-13-9-14-37)19-25(18-23)45-31-22-29-28(35(2)33(38)36(29)3)21-27(31)34-46(39,40)26-10-11-30(41-4)32(20-26)42-5/h10-11,17-22,34H,6-9,12-16H2,1-5H3. The van der Waals surface area contributed by atoms with E-state index in [1.54, 1.807) is 38.4 Å². The first-order valence-corrected chi connectivity index (χ1v) is 16.9. The van der Waals surface area contributed by atoms with E-state index in [-0.39, 0.29) is 27.8 Å². The van der Waals surface area contributed by atoms with Crippen molar-refractivity contribution in [3.63, 3.8) is 0 Å². The third-order valence-corrected chi connectivity index (χ3v) is 9.29. The summed E-state index contributed by atoms with van der Waals surface area (Å²) in [4.78, 5) is 15.2. The lowest BCUT2D eigenvalue weighted by Crippen LogP contribution is -2.37. The van der Waals surface area contributed by atoms with Gasteiger partial charge in [0.15, 0.2) is 17.2 Å². The van der Waals surface area contributed by atoms with Gasteiger partial charge in [-0.3, -0.25) is 13.9 Å². The molecule has 3 aromatic carbocycles. The summed E-state index contributed by atoms with van der Waals surface area (Å²) in [6.07, 6.45) is 4.05. The van der Waals surface area contributed by atoms with Crippen LogP contribution in [0.15, 0.2) is 58.2 Å². The molecule has 0 unspecified atom stereocenters. The number of methoxy groups -OCH3 is 2. The summed E-state index contributed by atoms with van der Waals surface area (Å²) in [5, 5.41) is 0. The summed E-state index contributed by atoms with van der Waals surface area (Å²) in [6, 6.07) is 12.8. The Morgan fingerprint density at radius 1 is 0.783 bits per heavy atom. The highest BCUT2D eigenvalue weighted by atomic mass is 32.2. The minimum Gasteiger partial charge on any atom is -0.493 e. The monoisotopic (exact) mass is 654 g/mol. The van der Waals surface area contributed by atoms with Gasteiger partial charge in [-0.1, -0.05) is 6.92 Å². The number of nitrogens with zero attached hydrogens (tertiary/aromatic N) is 3. The van der Waals surface area contributed by atoms with Crippen LogP contribution in [0.1, 0.15) is 32.6 Å². The fraction of sp³-hybridized carbons (Fsp3) is 0.424. The first-order chi connectivity index (χ1) is 22.1. The predicted molar refractivity (Wildman–Crippen MR) is 177 cm³/mol. The molecule has 46 heavy (non-hydrogen) atoms. The number of hydrogen-bond donors (Lipinski definition) is 1. The number of fused-ring (bicyclic) bond motifs is 1. The lowest BCUT2D eigenvalue weighted by Gasteiger charge is -2.30. The zero-order chi connectivity index (χ0) is 32.8. The van der Waals surface area contributed by atoms with Crippen LogP contribution in [0.25, 0.3) is 11.0 Å². The Kier molecular flexibility index (Phi) is 10.3. The van der Waals surface area contributed by atoms with Crippen LogP contribution >= 0.6 is 0 Å². The van der Waals surface area contributed by atoms with Crippen LogP contribution in [0.3, 0.4) is 0 Å². The van der Waals surface area contributed by atoms with Crippen LogP contribution in [0.5, 0.6) is 34.5 Å². The molecule has 13 heteroatoms. The smallest absolute Gasteiger partial charge is 0.328 e. The summed E-state index contributed by atoms with van der Waals surface area (Å²) in [6.45, 7) is 6.49. The molecule has 0 spiro atoms. The van der Waals surface area contributed by atoms with Gasteiger partial charge in [-0.15, -0.1) is 0 Å². The number of nitrogens with one attached hydrogen (secondary N) is 1. The Morgan fingerprint density at radius 3 is 2.07 bits per heavy atom. The molecule has 0 saturated carbocycles. The van der Waals surface area contributed by atoms with E-state index in [9.17, 15) is 13.2 Å². The Balaban J connectivity index is 1.47. The van der Waals surface area contributed by atoms with Crippen molar-refractivity contribution in [2.45, 2.75) is 37.5 Å². The summed E-state index contributed by atoms with van der Waals surface area (Å²) in [5.41, 5.74) is 0.957. The van der Waals surface area contributed by atoms with Crippen molar-refractivity contribution < 1.29 is 32.1 Å². The second kappa shape index (κ2) is 14.4. The van der Waals surface area contributed by atoms with Crippen molar-refractivity contribution in [3.05, 3.63) is 59.0 Å². The van der Waals surface area contributed by atoms with Crippen molar-refractivity contribution in [1.82, 2.24) is 14.0 Å². The summed E-state index contributed by atoms with van der Waals surface area (Å²) in [5.74, 6) is 2.37. The molecule has 4 aromatic rings. The highest BCUT2D eigenvalue weighted by Crippen LogP contribution is 2.38. The molecule has 0 amide bonds. The zero-order valence-electron chi connectivity index (χ0n) is 27.0. The summed E-state index contributed by atoms with van der Waals surface area (Å²) >= 11 is 0. The van der Waals surface area contributed by atoms with E-state index < -0.39 is 10.0 Å². The molecule has 248 valence electrons. The van der Waals surface area contributed by atoms with Crippen LogP contribution in [0.4, 0.5) is 5.69 Å². The topological polar surface area (TPSA) is 122 Å². The Hall–Kier alpha value is -4.36. The number of hydrogen-bond acceptors (Lipinski definition) is 9. The largest absolute Gasteiger partial charge is 0.493 e. The molecular formula is C33H42N4O8S. The average Bonchev–Trinajstić information content (AvgIpc) is 3.23. The molecule has 5 rings (SSSR count). The van der Waals surface area contributed by atoms with E-state index in [0.29, 0.717) is 47.2 Å². The van der Waals surface area contributed by atoms with Crippen molar-refractivity contribution in [2.24, 2.45) is 14.1 Å². The molecule has 1 N–H and O–H groups in total. The first-order valence-electron chi connectivity index (χ1n) is 15.4. The van der Waals surface area contributed by atoms with E-state index in [1.165, 1.54) is 61.1 Å². The molecule has 1 aliphatic heterocycles. The van der Waals surface area contributed by atoms with Crippen molar-refractivity contribution >= 4 is 26.7 Å². The number of sulfonamides is 1. The van der Waals surface area contributed by atoms with E-state index in [0.717, 1.165) is 25.8 Å². The maximum atomic E-state index is 13.7. The van der Waals surface area contributed by atoms with Gasteiger partial charge in [0.25, 0.3) is 10.0 Å². The average molecular weight is 655 g/mol. The van der Waals surface area contributed by atoms with Crippen LogP contribution in [0, 0.1) is 0 Å². The van der Waals surface area contributed by atoms with E-state index in [1.807, 2.05) is 13.0 Å². The Morgan fingerprint density at radius 2 is 1.43 bits per heavy atom. The van der Waals surface area contributed by atoms with E-state index in [4.69, 9.17) is 23.7 Å². The number of ether oxygens (including phenoxy) is 5. The molecule has 1 aromatic heterocycles. The summed E-state index contributed by atoms with van der Waals surface area (Å²) in [7, 11) is 2.04. The number of anilines is 1. The number of rotatable bonds is 16. The van der Waals surface area contributed by atoms with E-state index in [2.05, 4.69) is 9.62 Å². The van der Waals surface area contributed by atoms with Crippen molar-refractivity contribution in [3.8, 4) is 34.5 Å². The lowest BCUT2D eigenvalue weighted by molar-refractivity contribution is 0.173. The normalized spacial score (nSPS) is 13.3. The Bertz CT molecular complexity index is 1850. The van der Waals surface area contributed by atoms with Gasteiger partial charge in [-0.25, -0.2) is 13.2 Å². The second-order valence-electron chi connectivity index (χ2n) is 11.2. The summed E-state index contributed by atoms with van der Waals surface area (Å²) < 4.78 is 61.8. The lowest BCUT2D eigenvalue weighted by atomic mass is 10.2. The van der Waals surface area contributed by atoms with Crippen molar-refractivity contribution in [1.29, 1.82) is 0 Å². The van der Waals surface area contributed by atoms with Gasteiger partial charge in [-0.2, -0.15) is 0 Å². The highest BCUT2D eigenvalue weighted by molar-refractivity contribution is 7.92. The molecule has 2 heterocycles. The van der Waals surface area contributed by atoms with Gasteiger partial charge in [0.05, 0.1) is 49.0 Å². The molecule has 0 aliphatic carbocycles. The highest BCUT2D eigenvalue weighted by Gasteiger charge is 2.22. The number of likely N-dealkylation sites (tertiary alicyclic amines) is 1. The van der Waals surface area contributed by atoms with Gasteiger partial charge >= 0.3 is 5.69 Å². The zero-order valence-corrected chi connectivity index (χ0v) is 27.8. The molecular weight excluding hydrogens is 612 g/mol. The number of imidazole rings is 1. The molecule has 0 bridgehead atoms. The van der Waals surface area contributed by atoms with Crippen LogP contribution in [-0.4, -0.2) is 69.5 Å². The quantitative estimate of drug-likeness (QED) is 0.164. The maximum absolute atomic E-state index is 13.7. The molecule has 1 saturated heterocycles. The van der Waals surface area contributed by atoms with Crippen LogP contribution < -0.4 is 34.1 Å². The number of aromatic nitrogens is 2. The Labute approximate surface area is 269 Å². The molecule has 1 aliphatic rings. The maximum Gasteiger partial charge on any atom is 0.328 e. The SMILES string of the molecule is CCCOc1cc(OCCCCN2CCC2)cc(Oc2cc3c(cc2NS(=O)(=O)c2ccc(OC)c(OC)c2)n(C)c(=O)n3C)c1. The third-order valence-electron chi connectivity index (χ3n) is 7.92. The molecule has 0 radical (unpaired) electrons.